The Kier molecular flexibility index (Phi) is 4.95. The van der Waals surface area contributed by atoms with Crippen LogP contribution >= 0.6 is 0 Å². The largest absolute Gasteiger partial charge is 0.507 e. The summed E-state index contributed by atoms with van der Waals surface area (Å²) in [5.41, 5.74) is 0.0510. The van der Waals surface area contributed by atoms with Gasteiger partial charge in [0.2, 0.25) is 0 Å². The molecule has 110 valence electrons. The van der Waals surface area contributed by atoms with Gasteiger partial charge in [-0.05, 0) is 50.0 Å². The lowest BCUT2D eigenvalue weighted by atomic mass is 9.96. The van der Waals surface area contributed by atoms with E-state index in [-0.39, 0.29) is 17.2 Å². The zero-order valence-electron chi connectivity index (χ0n) is 11.7. The predicted octanol–water partition coefficient (Wildman–Crippen LogP) is 1.99. The van der Waals surface area contributed by atoms with Crippen molar-refractivity contribution in [3.8, 4) is 5.75 Å². The molecule has 1 saturated heterocycles. The molecule has 1 aromatic carbocycles. The minimum absolute atomic E-state index is 0.0510. The molecule has 1 aliphatic heterocycles. The minimum Gasteiger partial charge on any atom is -0.507 e. The molecule has 0 unspecified atom stereocenters. The highest BCUT2D eigenvalue weighted by Crippen LogP contribution is 2.23. The maximum absolute atomic E-state index is 13.2. The van der Waals surface area contributed by atoms with Gasteiger partial charge >= 0.3 is 0 Å². The first-order chi connectivity index (χ1) is 9.61. The number of piperidine rings is 1. The standard InChI is InChI=1S/C15H21FN2O2/c1-2-17-10-11-5-7-18(8-6-11)15(20)13-9-12(16)3-4-14(13)19/h3-4,9,11,17,19H,2,5-8,10H2,1H3. The van der Waals surface area contributed by atoms with Crippen LogP contribution in [0.2, 0.25) is 0 Å². The number of halogens is 1. The van der Waals surface area contributed by atoms with Crippen molar-refractivity contribution in [3.05, 3.63) is 29.6 Å². The summed E-state index contributed by atoms with van der Waals surface area (Å²) < 4.78 is 13.2. The number of aromatic hydroxyl groups is 1. The monoisotopic (exact) mass is 280 g/mol. The van der Waals surface area contributed by atoms with E-state index in [1.54, 1.807) is 4.90 Å². The fourth-order valence-corrected chi connectivity index (χ4v) is 2.54. The topological polar surface area (TPSA) is 52.6 Å². The third-order valence-electron chi connectivity index (χ3n) is 3.77. The van der Waals surface area contributed by atoms with E-state index in [1.165, 1.54) is 6.07 Å². The van der Waals surface area contributed by atoms with Gasteiger partial charge in [-0.3, -0.25) is 4.79 Å². The van der Waals surface area contributed by atoms with Gasteiger partial charge in [0.1, 0.15) is 11.6 Å². The molecule has 0 atom stereocenters. The number of hydrogen-bond acceptors (Lipinski definition) is 3. The van der Waals surface area contributed by atoms with Gasteiger partial charge < -0.3 is 15.3 Å². The summed E-state index contributed by atoms with van der Waals surface area (Å²) in [6.45, 7) is 5.32. The number of carbonyl (C=O) groups excluding carboxylic acids is 1. The molecule has 1 aliphatic rings. The van der Waals surface area contributed by atoms with Gasteiger partial charge in [-0.2, -0.15) is 0 Å². The van der Waals surface area contributed by atoms with Crippen molar-refractivity contribution in [2.24, 2.45) is 5.92 Å². The van der Waals surface area contributed by atoms with Crippen LogP contribution in [0.15, 0.2) is 18.2 Å². The van der Waals surface area contributed by atoms with E-state index in [1.807, 2.05) is 0 Å². The first-order valence-electron chi connectivity index (χ1n) is 7.10. The number of phenolic OH excluding ortho intramolecular Hbond substituents is 1. The summed E-state index contributed by atoms with van der Waals surface area (Å²) in [4.78, 5) is 14.0. The Morgan fingerprint density at radius 2 is 2.15 bits per heavy atom. The van der Waals surface area contributed by atoms with Crippen LogP contribution in [0.4, 0.5) is 4.39 Å². The van der Waals surface area contributed by atoms with Crippen molar-refractivity contribution in [1.82, 2.24) is 10.2 Å². The van der Waals surface area contributed by atoms with E-state index < -0.39 is 5.82 Å². The third kappa shape index (κ3) is 3.48. The number of likely N-dealkylation sites (tertiary alicyclic amines) is 1. The normalized spacial score (nSPS) is 16.4. The summed E-state index contributed by atoms with van der Waals surface area (Å²) >= 11 is 0. The average molecular weight is 280 g/mol. The number of phenols is 1. The second kappa shape index (κ2) is 6.70. The van der Waals surface area contributed by atoms with E-state index >= 15 is 0 Å². The lowest BCUT2D eigenvalue weighted by Crippen LogP contribution is -2.40. The van der Waals surface area contributed by atoms with Crippen molar-refractivity contribution in [1.29, 1.82) is 0 Å². The molecule has 0 saturated carbocycles. The molecule has 1 fully saturated rings. The Morgan fingerprint density at radius 3 is 2.80 bits per heavy atom. The van der Waals surface area contributed by atoms with Crippen LogP contribution in [0.5, 0.6) is 5.75 Å². The van der Waals surface area contributed by atoms with Crippen LogP contribution in [-0.2, 0) is 0 Å². The third-order valence-corrected chi connectivity index (χ3v) is 3.77. The second-order valence-corrected chi connectivity index (χ2v) is 5.20. The van der Waals surface area contributed by atoms with Crippen LogP contribution in [0, 0.1) is 11.7 Å². The number of amides is 1. The van der Waals surface area contributed by atoms with Crippen molar-refractivity contribution < 1.29 is 14.3 Å². The highest BCUT2D eigenvalue weighted by molar-refractivity contribution is 5.96. The van der Waals surface area contributed by atoms with Crippen LogP contribution in [0.25, 0.3) is 0 Å². The van der Waals surface area contributed by atoms with Gasteiger partial charge in [-0.25, -0.2) is 4.39 Å². The van der Waals surface area contributed by atoms with Gasteiger partial charge in [0.05, 0.1) is 5.56 Å². The zero-order valence-corrected chi connectivity index (χ0v) is 11.7. The summed E-state index contributed by atoms with van der Waals surface area (Å²) in [6, 6.07) is 3.47. The molecule has 5 heteroatoms. The fraction of sp³-hybridized carbons (Fsp3) is 0.533. The Bertz CT molecular complexity index is 471. The maximum Gasteiger partial charge on any atom is 0.257 e. The SMILES string of the molecule is CCNCC1CCN(C(=O)c2cc(F)ccc2O)CC1. The molecule has 0 aromatic heterocycles. The van der Waals surface area contributed by atoms with E-state index in [0.29, 0.717) is 19.0 Å². The van der Waals surface area contributed by atoms with Crippen LogP contribution in [0.1, 0.15) is 30.1 Å². The molecule has 2 rings (SSSR count). The van der Waals surface area contributed by atoms with Gasteiger partial charge in [0.25, 0.3) is 5.91 Å². The zero-order chi connectivity index (χ0) is 14.5. The van der Waals surface area contributed by atoms with Crippen LogP contribution in [0.3, 0.4) is 0 Å². The Balaban J connectivity index is 1.96. The summed E-state index contributed by atoms with van der Waals surface area (Å²) in [5, 5.41) is 13.0. The Labute approximate surface area is 118 Å². The number of benzene rings is 1. The lowest BCUT2D eigenvalue weighted by molar-refractivity contribution is 0.0686. The van der Waals surface area contributed by atoms with Crippen molar-refractivity contribution in [3.63, 3.8) is 0 Å². The smallest absolute Gasteiger partial charge is 0.257 e. The highest BCUT2D eigenvalue weighted by Gasteiger charge is 2.25. The summed E-state index contributed by atoms with van der Waals surface area (Å²) in [5.74, 6) is -0.372. The van der Waals surface area contributed by atoms with Crippen molar-refractivity contribution in [2.75, 3.05) is 26.2 Å². The average Bonchev–Trinajstić information content (AvgIpc) is 2.47. The molecule has 1 amide bonds. The van der Waals surface area contributed by atoms with E-state index in [9.17, 15) is 14.3 Å². The van der Waals surface area contributed by atoms with Crippen molar-refractivity contribution in [2.45, 2.75) is 19.8 Å². The first kappa shape index (κ1) is 14.8. The van der Waals surface area contributed by atoms with Gasteiger partial charge in [0.15, 0.2) is 0 Å². The highest BCUT2D eigenvalue weighted by atomic mass is 19.1. The maximum atomic E-state index is 13.2. The Hall–Kier alpha value is -1.62. The van der Waals surface area contributed by atoms with Gasteiger partial charge in [-0.15, -0.1) is 0 Å². The van der Waals surface area contributed by atoms with Crippen LogP contribution < -0.4 is 5.32 Å². The molecule has 1 heterocycles. The molecule has 0 radical (unpaired) electrons. The molecule has 0 aliphatic carbocycles. The molecule has 0 bridgehead atoms. The van der Waals surface area contributed by atoms with E-state index in [0.717, 1.165) is 38.1 Å². The van der Waals surface area contributed by atoms with E-state index in [4.69, 9.17) is 0 Å². The molecule has 4 nitrogen and oxygen atoms in total. The number of rotatable bonds is 4. The summed E-state index contributed by atoms with van der Waals surface area (Å²) in [7, 11) is 0. The van der Waals surface area contributed by atoms with Gasteiger partial charge in [-0.1, -0.05) is 6.92 Å². The molecule has 0 spiro atoms. The minimum atomic E-state index is -0.506. The first-order valence-corrected chi connectivity index (χ1v) is 7.10. The molecule has 1 aromatic rings. The Morgan fingerprint density at radius 1 is 1.45 bits per heavy atom. The number of nitrogens with zero attached hydrogens (tertiary/aromatic N) is 1. The van der Waals surface area contributed by atoms with Crippen LogP contribution in [-0.4, -0.2) is 42.1 Å². The van der Waals surface area contributed by atoms with Crippen molar-refractivity contribution >= 4 is 5.91 Å². The molecule has 2 N–H and O–H groups in total. The number of nitrogens with one attached hydrogen (secondary N) is 1. The predicted molar refractivity (Wildman–Crippen MR) is 75.2 cm³/mol. The molecule has 20 heavy (non-hydrogen) atoms. The second-order valence-electron chi connectivity index (χ2n) is 5.20. The summed E-state index contributed by atoms with van der Waals surface area (Å²) in [6.07, 6.45) is 1.88. The lowest BCUT2D eigenvalue weighted by Gasteiger charge is -2.32. The quantitative estimate of drug-likeness (QED) is 0.887. The van der Waals surface area contributed by atoms with Gasteiger partial charge in [0, 0.05) is 13.1 Å². The number of carbonyl (C=O) groups is 1. The molecular formula is C15H21FN2O2. The number of hydrogen-bond donors (Lipinski definition) is 2. The van der Waals surface area contributed by atoms with E-state index in [2.05, 4.69) is 12.2 Å². The fourth-order valence-electron chi connectivity index (χ4n) is 2.54. The molecular weight excluding hydrogens is 259 g/mol.